The van der Waals surface area contributed by atoms with Gasteiger partial charge in [0.05, 0.1) is 34.9 Å². The number of non-ortho nitro benzene ring substituents is 1. The second-order valence-corrected chi connectivity index (χ2v) is 6.42. The fraction of sp³-hybridized carbons (Fsp3) is 0.150. The first-order chi connectivity index (χ1) is 14.5. The lowest BCUT2D eigenvalue weighted by atomic mass is 10.1. The molecule has 1 aromatic heterocycles. The Bertz CT molecular complexity index is 1040. The molecule has 0 saturated carbocycles. The number of hydrogen-bond acceptors (Lipinski definition) is 7. The molecule has 0 aliphatic heterocycles. The van der Waals surface area contributed by atoms with Gasteiger partial charge in [-0.2, -0.15) is 0 Å². The van der Waals surface area contributed by atoms with Crippen LogP contribution in [0.2, 0.25) is 5.02 Å². The summed E-state index contributed by atoms with van der Waals surface area (Å²) in [5, 5.41) is 21.7. The van der Waals surface area contributed by atoms with Gasteiger partial charge in [-0.1, -0.05) is 11.6 Å². The third kappa shape index (κ3) is 5.21. The summed E-state index contributed by atoms with van der Waals surface area (Å²) in [5.41, 5.74) is 1.37. The third-order valence-electron chi connectivity index (χ3n) is 4.07. The van der Waals surface area contributed by atoms with Crippen molar-refractivity contribution >= 4 is 23.2 Å². The molecule has 0 spiro atoms. The number of carbonyl (C=O) groups is 1. The van der Waals surface area contributed by atoms with E-state index in [1.165, 1.54) is 12.1 Å². The van der Waals surface area contributed by atoms with Gasteiger partial charge in [-0.3, -0.25) is 14.9 Å². The molecule has 0 aliphatic carbocycles. The van der Waals surface area contributed by atoms with Crippen LogP contribution in [0, 0.1) is 10.1 Å². The van der Waals surface area contributed by atoms with E-state index in [9.17, 15) is 14.9 Å². The first-order valence-corrected chi connectivity index (χ1v) is 9.19. The summed E-state index contributed by atoms with van der Waals surface area (Å²) in [4.78, 5) is 22.4. The molecule has 154 valence electrons. The molecule has 2 aromatic carbocycles. The molecule has 10 heteroatoms. The van der Waals surface area contributed by atoms with Gasteiger partial charge in [0.25, 0.3) is 11.6 Å². The summed E-state index contributed by atoms with van der Waals surface area (Å²) < 4.78 is 10.6. The van der Waals surface area contributed by atoms with Gasteiger partial charge in [0.2, 0.25) is 5.88 Å². The molecule has 30 heavy (non-hydrogen) atoms. The highest BCUT2D eigenvalue weighted by Crippen LogP contribution is 2.22. The van der Waals surface area contributed by atoms with Crippen LogP contribution in [0.25, 0.3) is 11.3 Å². The highest BCUT2D eigenvalue weighted by molar-refractivity contribution is 6.33. The van der Waals surface area contributed by atoms with Gasteiger partial charge in [0.1, 0.15) is 12.4 Å². The Kier molecular flexibility index (Phi) is 6.76. The molecular weight excluding hydrogens is 412 g/mol. The largest absolute Gasteiger partial charge is 0.497 e. The predicted molar refractivity (Wildman–Crippen MR) is 110 cm³/mol. The number of nitro groups is 1. The monoisotopic (exact) mass is 428 g/mol. The summed E-state index contributed by atoms with van der Waals surface area (Å²) in [5.74, 6) is 0.517. The van der Waals surface area contributed by atoms with Crippen LogP contribution in [-0.4, -0.2) is 41.3 Å². The summed E-state index contributed by atoms with van der Waals surface area (Å²) >= 11 is 5.95. The van der Waals surface area contributed by atoms with E-state index in [4.69, 9.17) is 21.1 Å². The van der Waals surface area contributed by atoms with E-state index in [1.54, 1.807) is 19.2 Å². The zero-order valence-electron chi connectivity index (χ0n) is 15.9. The average molecular weight is 429 g/mol. The van der Waals surface area contributed by atoms with E-state index in [0.29, 0.717) is 11.6 Å². The van der Waals surface area contributed by atoms with Crippen LogP contribution >= 0.6 is 11.6 Å². The van der Waals surface area contributed by atoms with Gasteiger partial charge in [-0.05, 0) is 36.4 Å². The third-order valence-corrected chi connectivity index (χ3v) is 4.40. The number of halogens is 1. The topological polar surface area (TPSA) is 116 Å². The molecule has 0 bridgehead atoms. The maximum Gasteiger partial charge on any atom is 0.270 e. The van der Waals surface area contributed by atoms with Crippen LogP contribution in [0.5, 0.6) is 11.6 Å². The Hall–Kier alpha value is -3.72. The van der Waals surface area contributed by atoms with E-state index < -0.39 is 10.8 Å². The van der Waals surface area contributed by atoms with E-state index in [1.807, 2.05) is 24.3 Å². The van der Waals surface area contributed by atoms with Crippen LogP contribution < -0.4 is 14.8 Å². The van der Waals surface area contributed by atoms with Gasteiger partial charge in [0, 0.05) is 23.8 Å². The number of aromatic nitrogens is 2. The summed E-state index contributed by atoms with van der Waals surface area (Å²) in [6, 6.07) is 14.5. The van der Waals surface area contributed by atoms with E-state index in [-0.39, 0.29) is 29.4 Å². The molecule has 0 unspecified atom stereocenters. The minimum atomic E-state index is -0.593. The van der Waals surface area contributed by atoms with Crippen molar-refractivity contribution in [3.63, 3.8) is 0 Å². The number of nitro benzene ring substituents is 1. The summed E-state index contributed by atoms with van der Waals surface area (Å²) in [6.45, 7) is 0.286. The van der Waals surface area contributed by atoms with Crippen molar-refractivity contribution in [1.29, 1.82) is 0 Å². The zero-order chi connectivity index (χ0) is 21.5. The number of ether oxygens (including phenoxy) is 2. The zero-order valence-corrected chi connectivity index (χ0v) is 16.6. The van der Waals surface area contributed by atoms with Crippen LogP contribution in [0.15, 0.2) is 54.6 Å². The van der Waals surface area contributed by atoms with Gasteiger partial charge < -0.3 is 14.8 Å². The van der Waals surface area contributed by atoms with Crippen molar-refractivity contribution in [3.8, 4) is 22.9 Å². The maximum absolute atomic E-state index is 12.2. The maximum atomic E-state index is 12.2. The first kappa shape index (κ1) is 21.0. The number of methoxy groups -OCH3 is 1. The Morgan fingerprint density at radius 2 is 1.90 bits per heavy atom. The van der Waals surface area contributed by atoms with E-state index in [2.05, 4.69) is 15.5 Å². The first-order valence-electron chi connectivity index (χ1n) is 8.81. The van der Waals surface area contributed by atoms with Gasteiger partial charge in [-0.25, -0.2) is 0 Å². The minimum Gasteiger partial charge on any atom is -0.497 e. The minimum absolute atomic E-state index is 0.0227. The Labute approximate surface area is 176 Å². The van der Waals surface area contributed by atoms with E-state index in [0.717, 1.165) is 17.4 Å². The second-order valence-electron chi connectivity index (χ2n) is 6.01. The van der Waals surface area contributed by atoms with Crippen LogP contribution in [-0.2, 0) is 0 Å². The van der Waals surface area contributed by atoms with Crippen molar-refractivity contribution in [3.05, 3.63) is 75.3 Å². The number of nitrogens with one attached hydrogen (secondary N) is 1. The molecular formula is C20H17ClN4O5. The number of carbonyl (C=O) groups excluding carboxylic acids is 1. The Morgan fingerprint density at radius 3 is 2.53 bits per heavy atom. The van der Waals surface area contributed by atoms with Crippen molar-refractivity contribution < 1.29 is 19.2 Å². The SMILES string of the molecule is COc1ccc(-c2ccc(OCCNC(=O)c3cc([N+](=O)[O-])ccc3Cl)nn2)cc1. The molecule has 0 fully saturated rings. The quantitative estimate of drug-likeness (QED) is 0.331. The number of amides is 1. The number of benzene rings is 2. The van der Waals surface area contributed by atoms with Crippen LogP contribution in [0.4, 0.5) is 5.69 Å². The molecule has 9 nitrogen and oxygen atoms in total. The highest BCUT2D eigenvalue weighted by atomic mass is 35.5. The summed E-state index contributed by atoms with van der Waals surface area (Å²) in [7, 11) is 1.60. The molecule has 0 radical (unpaired) electrons. The predicted octanol–water partition coefficient (Wildman–Crippen LogP) is 3.52. The standard InChI is InChI=1S/C20H17ClN4O5/c1-29-15-5-2-13(3-6-15)18-8-9-19(24-23-18)30-11-10-22-20(26)16-12-14(25(27)28)4-7-17(16)21/h2-9,12H,10-11H2,1H3,(H,22,26). The molecule has 3 rings (SSSR count). The van der Waals surface area contributed by atoms with Crippen LogP contribution in [0.3, 0.4) is 0 Å². The van der Waals surface area contributed by atoms with Gasteiger partial charge in [-0.15, -0.1) is 10.2 Å². The molecule has 1 N–H and O–H groups in total. The van der Waals surface area contributed by atoms with Crippen molar-refractivity contribution in [1.82, 2.24) is 15.5 Å². The Morgan fingerprint density at radius 1 is 1.13 bits per heavy atom. The lowest BCUT2D eigenvalue weighted by Crippen LogP contribution is -2.28. The molecule has 3 aromatic rings. The molecule has 0 saturated heterocycles. The fourth-order valence-corrected chi connectivity index (χ4v) is 2.73. The van der Waals surface area contributed by atoms with Gasteiger partial charge in [0.15, 0.2) is 0 Å². The number of nitrogens with zero attached hydrogens (tertiary/aromatic N) is 3. The smallest absolute Gasteiger partial charge is 0.270 e. The lowest BCUT2D eigenvalue weighted by Gasteiger charge is -2.08. The van der Waals surface area contributed by atoms with Crippen molar-refractivity contribution in [2.45, 2.75) is 0 Å². The average Bonchev–Trinajstić information content (AvgIpc) is 2.77. The fourth-order valence-electron chi connectivity index (χ4n) is 2.53. The van der Waals surface area contributed by atoms with E-state index >= 15 is 0 Å². The summed E-state index contributed by atoms with van der Waals surface area (Å²) in [6.07, 6.45) is 0. The van der Waals surface area contributed by atoms with Crippen LogP contribution in [0.1, 0.15) is 10.4 Å². The highest BCUT2D eigenvalue weighted by Gasteiger charge is 2.15. The molecule has 1 heterocycles. The number of hydrogen-bond donors (Lipinski definition) is 1. The lowest BCUT2D eigenvalue weighted by molar-refractivity contribution is -0.384. The van der Waals surface area contributed by atoms with Crippen molar-refractivity contribution in [2.75, 3.05) is 20.3 Å². The van der Waals surface area contributed by atoms with Gasteiger partial charge >= 0.3 is 0 Å². The second kappa shape index (κ2) is 9.66. The molecule has 0 aliphatic rings. The normalized spacial score (nSPS) is 10.3. The van der Waals surface area contributed by atoms with Crippen molar-refractivity contribution in [2.24, 2.45) is 0 Å². The molecule has 1 amide bonds. The Balaban J connectivity index is 1.51. The number of rotatable bonds is 8. The molecule has 0 atom stereocenters.